The summed E-state index contributed by atoms with van der Waals surface area (Å²) in [5, 5.41) is 9.77. The van der Waals surface area contributed by atoms with Crippen LogP contribution in [0.2, 0.25) is 0 Å². The molecule has 1 heteroatoms. The second-order valence-electron chi connectivity index (χ2n) is 3.50. The molecule has 0 saturated carbocycles. The van der Waals surface area contributed by atoms with Crippen molar-refractivity contribution in [1.29, 1.82) is 0 Å². The fourth-order valence-corrected chi connectivity index (χ4v) is 1.94. The van der Waals surface area contributed by atoms with Gasteiger partial charge >= 0.3 is 0 Å². The second kappa shape index (κ2) is 3.40. The van der Waals surface area contributed by atoms with Crippen molar-refractivity contribution in [3.63, 3.8) is 0 Å². The van der Waals surface area contributed by atoms with Crippen LogP contribution in [0, 0.1) is 5.41 Å². The first-order chi connectivity index (χ1) is 5.25. The van der Waals surface area contributed by atoms with E-state index in [-0.39, 0.29) is 11.5 Å². The minimum atomic E-state index is -0.109. The average molecular weight is 154 g/mol. The molecule has 0 aromatic carbocycles. The first kappa shape index (κ1) is 8.79. The van der Waals surface area contributed by atoms with Gasteiger partial charge in [0, 0.05) is 0 Å². The SMILES string of the molecule is CCC1(CC)CC=CCC1O. The van der Waals surface area contributed by atoms with Gasteiger partial charge in [0.2, 0.25) is 0 Å². The summed E-state index contributed by atoms with van der Waals surface area (Å²) in [6.07, 6.45) is 8.28. The van der Waals surface area contributed by atoms with Crippen LogP contribution in [0.1, 0.15) is 39.5 Å². The van der Waals surface area contributed by atoms with Crippen molar-refractivity contribution in [2.75, 3.05) is 0 Å². The van der Waals surface area contributed by atoms with Crippen LogP contribution >= 0.6 is 0 Å². The van der Waals surface area contributed by atoms with E-state index >= 15 is 0 Å². The molecule has 1 rings (SSSR count). The highest BCUT2D eigenvalue weighted by atomic mass is 16.3. The molecule has 0 amide bonds. The van der Waals surface area contributed by atoms with E-state index in [0.717, 1.165) is 25.7 Å². The van der Waals surface area contributed by atoms with Crippen LogP contribution in [0.3, 0.4) is 0 Å². The zero-order valence-corrected chi connectivity index (χ0v) is 7.51. The molecule has 0 fully saturated rings. The summed E-state index contributed by atoms with van der Waals surface area (Å²) in [4.78, 5) is 0. The third-order valence-electron chi connectivity index (χ3n) is 3.17. The highest BCUT2D eigenvalue weighted by molar-refractivity contribution is 5.01. The van der Waals surface area contributed by atoms with E-state index in [2.05, 4.69) is 26.0 Å². The van der Waals surface area contributed by atoms with Crippen molar-refractivity contribution in [2.24, 2.45) is 5.41 Å². The Kier molecular flexibility index (Phi) is 2.72. The van der Waals surface area contributed by atoms with Gasteiger partial charge in [-0.1, -0.05) is 26.0 Å². The Morgan fingerprint density at radius 3 is 2.36 bits per heavy atom. The minimum Gasteiger partial charge on any atom is -0.392 e. The van der Waals surface area contributed by atoms with Crippen LogP contribution in [0.25, 0.3) is 0 Å². The normalized spacial score (nSPS) is 28.8. The molecule has 0 heterocycles. The van der Waals surface area contributed by atoms with Crippen molar-refractivity contribution in [3.05, 3.63) is 12.2 Å². The molecule has 0 bridgehead atoms. The Balaban J connectivity index is 2.72. The van der Waals surface area contributed by atoms with Gasteiger partial charge in [0.15, 0.2) is 0 Å². The lowest BCUT2D eigenvalue weighted by Gasteiger charge is -2.37. The third-order valence-corrected chi connectivity index (χ3v) is 3.17. The van der Waals surface area contributed by atoms with Crippen LogP contribution in [0.5, 0.6) is 0 Å². The van der Waals surface area contributed by atoms with Crippen molar-refractivity contribution in [2.45, 2.75) is 45.6 Å². The van der Waals surface area contributed by atoms with E-state index in [1.807, 2.05) is 0 Å². The van der Waals surface area contributed by atoms with Crippen molar-refractivity contribution in [3.8, 4) is 0 Å². The molecule has 1 aliphatic rings. The molecular weight excluding hydrogens is 136 g/mol. The lowest BCUT2D eigenvalue weighted by Crippen LogP contribution is -2.35. The first-order valence-electron chi connectivity index (χ1n) is 4.58. The number of aliphatic hydroxyl groups is 1. The molecule has 1 atom stereocenters. The third kappa shape index (κ3) is 1.48. The highest BCUT2D eigenvalue weighted by Gasteiger charge is 2.34. The van der Waals surface area contributed by atoms with Gasteiger partial charge < -0.3 is 5.11 Å². The second-order valence-corrected chi connectivity index (χ2v) is 3.50. The molecule has 0 aliphatic heterocycles. The topological polar surface area (TPSA) is 20.2 Å². The van der Waals surface area contributed by atoms with Gasteiger partial charge in [-0.25, -0.2) is 0 Å². The summed E-state index contributed by atoms with van der Waals surface area (Å²) in [6, 6.07) is 0. The van der Waals surface area contributed by atoms with Gasteiger partial charge in [-0.05, 0) is 31.1 Å². The van der Waals surface area contributed by atoms with Crippen LogP contribution in [-0.2, 0) is 0 Å². The maximum absolute atomic E-state index is 9.77. The molecular formula is C10H18O. The van der Waals surface area contributed by atoms with Crippen LogP contribution in [0.4, 0.5) is 0 Å². The Bertz CT molecular complexity index is 145. The summed E-state index contributed by atoms with van der Waals surface area (Å²) in [5.74, 6) is 0. The summed E-state index contributed by atoms with van der Waals surface area (Å²) < 4.78 is 0. The van der Waals surface area contributed by atoms with Crippen molar-refractivity contribution < 1.29 is 5.11 Å². The Hall–Kier alpha value is -0.300. The highest BCUT2D eigenvalue weighted by Crippen LogP contribution is 2.39. The predicted octanol–water partition coefficient (Wildman–Crippen LogP) is 2.50. The summed E-state index contributed by atoms with van der Waals surface area (Å²) in [5.41, 5.74) is 0.189. The number of rotatable bonds is 2. The maximum Gasteiger partial charge on any atom is 0.0633 e. The molecule has 0 saturated heterocycles. The number of hydrogen-bond donors (Lipinski definition) is 1. The standard InChI is InChI=1S/C10H18O/c1-3-10(4-2)8-6-5-7-9(10)11/h5-6,9,11H,3-4,7-8H2,1-2H3. The smallest absolute Gasteiger partial charge is 0.0633 e. The van der Waals surface area contributed by atoms with Crippen LogP contribution < -0.4 is 0 Å². The predicted molar refractivity (Wildman–Crippen MR) is 47.4 cm³/mol. The fourth-order valence-electron chi connectivity index (χ4n) is 1.94. The molecule has 0 radical (unpaired) electrons. The zero-order chi connectivity index (χ0) is 8.32. The lowest BCUT2D eigenvalue weighted by atomic mass is 9.71. The number of allylic oxidation sites excluding steroid dienone is 1. The minimum absolute atomic E-state index is 0.109. The Morgan fingerprint density at radius 1 is 1.36 bits per heavy atom. The van der Waals surface area contributed by atoms with E-state index in [4.69, 9.17) is 0 Å². The van der Waals surface area contributed by atoms with Crippen LogP contribution in [0.15, 0.2) is 12.2 Å². The molecule has 1 N–H and O–H groups in total. The molecule has 0 spiro atoms. The monoisotopic (exact) mass is 154 g/mol. The number of aliphatic hydroxyl groups excluding tert-OH is 1. The zero-order valence-electron chi connectivity index (χ0n) is 7.51. The first-order valence-corrected chi connectivity index (χ1v) is 4.58. The molecule has 1 aliphatic carbocycles. The summed E-state index contributed by atoms with van der Waals surface area (Å²) in [6.45, 7) is 4.34. The summed E-state index contributed by atoms with van der Waals surface area (Å²) in [7, 11) is 0. The lowest BCUT2D eigenvalue weighted by molar-refractivity contribution is 0.0160. The Morgan fingerprint density at radius 2 is 2.00 bits per heavy atom. The van der Waals surface area contributed by atoms with Crippen molar-refractivity contribution in [1.82, 2.24) is 0 Å². The average Bonchev–Trinajstić information content (AvgIpc) is 2.06. The van der Waals surface area contributed by atoms with E-state index in [0.29, 0.717) is 0 Å². The molecule has 11 heavy (non-hydrogen) atoms. The fraction of sp³-hybridized carbons (Fsp3) is 0.800. The molecule has 0 aromatic heterocycles. The van der Waals surface area contributed by atoms with E-state index in [1.165, 1.54) is 0 Å². The summed E-state index contributed by atoms with van der Waals surface area (Å²) >= 11 is 0. The maximum atomic E-state index is 9.77. The van der Waals surface area contributed by atoms with Crippen molar-refractivity contribution >= 4 is 0 Å². The van der Waals surface area contributed by atoms with Gasteiger partial charge in [-0.3, -0.25) is 0 Å². The van der Waals surface area contributed by atoms with Gasteiger partial charge in [0.1, 0.15) is 0 Å². The Labute approximate surface area is 69.1 Å². The largest absolute Gasteiger partial charge is 0.392 e. The van der Waals surface area contributed by atoms with E-state index in [9.17, 15) is 5.11 Å². The van der Waals surface area contributed by atoms with Gasteiger partial charge in [-0.15, -0.1) is 0 Å². The molecule has 64 valence electrons. The van der Waals surface area contributed by atoms with E-state index < -0.39 is 0 Å². The van der Waals surface area contributed by atoms with Gasteiger partial charge in [0.05, 0.1) is 6.10 Å². The molecule has 0 aromatic rings. The molecule has 1 unspecified atom stereocenters. The quantitative estimate of drug-likeness (QED) is 0.606. The number of hydrogen-bond acceptors (Lipinski definition) is 1. The molecule has 1 nitrogen and oxygen atoms in total. The van der Waals surface area contributed by atoms with Gasteiger partial charge in [0.25, 0.3) is 0 Å². The van der Waals surface area contributed by atoms with E-state index in [1.54, 1.807) is 0 Å². The van der Waals surface area contributed by atoms with Gasteiger partial charge in [-0.2, -0.15) is 0 Å². The van der Waals surface area contributed by atoms with Crippen LogP contribution in [-0.4, -0.2) is 11.2 Å².